The highest BCUT2D eigenvalue weighted by Crippen LogP contribution is 2.33. The highest BCUT2D eigenvalue weighted by Gasteiger charge is 2.13. The Hall–Kier alpha value is -3.24. The quantitative estimate of drug-likeness (QED) is 0.443. The van der Waals surface area contributed by atoms with Crippen molar-refractivity contribution in [3.8, 4) is 5.75 Å². The van der Waals surface area contributed by atoms with Crippen LogP contribution in [0.25, 0.3) is 10.9 Å². The standard InChI is InChI=1S/C24H22ClN3O/c1-27(19-6-4-3-5-7-19)16-17-14-20(9-11-24(17)29)28(2)23-12-13-26-22-15-18(25)8-10-21(22)23/h3-15,29H,16H2,1-2H3. The van der Waals surface area contributed by atoms with E-state index in [0.717, 1.165) is 33.5 Å². The summed E-state index contributed by atoms with van der Waals surface area (Å²) in [7, 11) is 4.03. The van der Waals surface area contributed by atoms with E-state index in [4.69, 9.17) is 11.6 Å². The SMILES string of the molecule is CN(Cc1cc(N(C)c2ccnc3cc(Cl)ccc23)ccc1O)c1ccccc1. The molecule has 4 rings (SSSR count). The van der Waals surface area contributed by atoms with Gasteiger partial charge in [-0.15, -0.1) is 0 Å². The van der Waals surface area contributed by atoms with Gasteiger partial charge in [0.05, 0.1) is 11.2 Å². The van der Waals surface area contributed by atoms with Crippen molar-refractivity contribution >= 4 is 39.6 Å². The van der Waals surface area contributed by atoms with Crippen molar-refractivity contribution in [2.75, 3.05) is 23.9 Å². The van der Waals surface area contributed by atoms with Crippen molar-refractivity contribution in [3.05, 3.63) is 89.6 Å². The van der Waals surface area contributed by atoms with Gasteiger partial charge in [0.1, 0.15) is 5.75 Å². The molecule has 5 heteroatoms. The lowest BCUT2D eigenvalue weighted by molar-refractivity contribution is 0.468. The maximum atomic E-state index is 10.4. The zero-order valence-electron chi connectivity index (χ0n) is 16.4. The average Bonchev–Trinajstić information content (AvgIpc) is 2.74. The Labute approximate surface area is 175 Å². The zero-order valence-corrected chi connectivity index (χ0v) is 17.1. The van der Waals surface area contributed by atoms with Crippen molar-refractivity contribution in [1.29, 1.82) is 0 Å². The minimum atomic E-state index is 0.288. The number of aromatic hydroxyl groups is 1. The fraction of sp³-hybridized carbons (Fsp3) is 0.125. The third-order valence-corrected chi connectivity index (χ3v) is 5.33. The Morgan fingerprint density at radius 3 is 2.48 bits per heavy atom. The molecule has 0 aliphatic carbocycles. The summed E-state index contributed by atoms with van der Waals surface area (Å²) in [4.78, 5) is 8.64. The molecule has 0 aliphatic rings. The molecule has 0 fully saturated rings. The van der Waals surface area contributed by atoms with Crippen LogP contribution < -0.4 is 9.80 Å². The topological polar surface area (TPSA) is 39.6 Å². The number of aromatic nitrogens is 1. The van der Waals surface area contributed by atoms with Crippen molar-refractivity contribution in [3.63, 3.8) is 0 Å². The molecular formula is C24H22ClN3O. The molecule has 0 radical (unpaired) electrons. The second-order valence-corrected chi connectivity index (χ2v) is 7.49. The second kappa shape index (κ2) is 8.02. The van der Waals surface area contributed by atoms with E-state index in [0.29, 0.717) is 11.6 Å². The van der Waals surface area contributed by atoms with Crippen LogP contribution in [-0.2, 0) is 6.54 Å². The van der Waals surface area contributed by atoms with Gasteiger partial charge in [0.2, 0.25) is 0 Å². The van der Waals surface area contributed by atoms with Gasteiger partial charge in [0.15, 0.2) is 0 Å². The van der Waals surface area contributed by atoms with E-state index < -0.39 is 0 Å². The van der Waals surface area contributed by atoms with Crippen LogP contribution in [0.15, 0.2) is 79.0 Å². The molecule has 0 amide bonds. The molecule has 0 unspecified atom stereocenters. The monoisotopic (exact) mass is 403 g/mol. The number of anilines is 3. The number of hydrogen-bond donors (Lipinski definition) is 1. The third-order valence-electron chi connectivity index (χ3n) is 5.10. The summed E-state index contributed by atoms with van der Waals surface area (Å²) in [5, 5.41) is 12.1. The first kappa shape index (κ1) is 19.1. The van der Waals surface area contributed by atoms with Crippen LogP contribution in [0.4, 0.5) is 17.1 Å². The number of phenols is 1. The van der Waals surface area contributed by atoms with Crippen LogP contribution in [-0.4, -0.2) is 24.2 Å². The van der Waals surface area contributed by atoms with Crippen LogP contribution in [0.2, 0.25) is 5.02 Å². The third kappa shape index (κ3) is 3.98. The van der Waals surface area contributed by atoms with E-state index in [9.17, 15) is 5.11 Å². The summed E-state index contributed by atoms with van der Waals surface area (Å²) in [5.41, 5.74) is 4.83. The molecule has 1 aromatic heterocycles. The van der Waals surface area contributed by atoms with E-state index in [1.165, 1.54) is 0 Å². The Morgan fingerprint density at radius 2 is 1.69 bits per heavy atom. The van der Waals surface area contributed by atoms with Crippen LogP contribution in [0.3, 0.4) is 0 Å². The first-order valence-corrected chi connectivity index (χ1v) is 9.77. The van der Waals surface area contributed by atoms with Gasteiger partial charge in [-0.3, -0.25) is 4.98 Å². The molecule has 146 valence electrons. The van der Waals surface area contributed by atoms with Crippen molar-refractivity contribution in [2.24, 2.45) is 0 Å². The van der Waals surface area contributed by atoms with Gasteiger partial charge in [0.25, 0.3) is 0 Å². The lowest BCUT2D eigenvalue weighted by Crippen LogP contribution is -2.17. The molecule has 3 aromatic carbocycles. The summed E-state index contributed by atoms with van der Waals surface area (Å²) >= 11 is 6.12. The molecule has 1 heterocycles. The molecular weight excluding hydrogens is 382 g/mol. The fourth-order valence-corrected chi connectivity index (χ4v) is 3.64. The van der Waals surface area contributed by atoms with Crippen molar-refractivity contribution in [1.82, 2.24) is 4.98 Å². The first-order chi connectivity index (χ1) is 14.0. The zero-order chi connectivity index (χ0) is 20.4. The van der Waals surface area contributed by atoms with Gasteiger partial charge in [-0.2, -0.15) is 0 Å². The molecule has 0 spiro atoms. The summed E-state index contributed by atoms with van der Waals surface area (Å²) in [6, 6.07) is 23.5. The van der Waals surface area contributed by atoms with Gasteiger partial charge in [0, 0.05) is 54.2 Å². The number of nitrogens with zero attached hydrogens (tertiary/aromatic N) is 3. The van der Waals surface area contributed by atoms with Crippen molar-refractivity contribution in [2.45, 2.75) is 6.54 Å². The lowest BCUT2D eigenvalue weighted by atomic mass is 10.1. The number of halogens is 1. The van der Waals surface area contributed by atoms with Gasteiger partial charge in [-0.25, -0.2) is 0 Å². The second-order valence-electron chi connectivity index (χ2n) is 7.06. The Bertz CT molecular complexity index is 1150. The Morgan fingerprint density at radius 1 is 0.897 bits per heavy atom. The molecule has 0 saturated carbocycles. The number of hydrogen-bond acceptors (Lipinski definition) is 4. The van der Waals surface area contributed by atoms with Crippen LogP contribution >= 0.6 is 11.6 Å². The molecule has 1 N–H and O–H groups in total. The minimum absolute atomic E-state index is 0.288. The largest absolute Gasteiger partial charge is 0.508 e. The number of pyridine rings is 1. The predicted molar refractivity (Wildman–Crippen MR) is 121 cm³/mol. The molecule has 4 aromatic rings. The Kier molecular flexibility index (Phi) is 5.28. The van der Waals surface area contributed by atoms with E-state index in [2.05, 4.69) is 26.9 Å². The molecule has 29 heavy (non-hydrogen) atoms. The van der Waals surface area contributed by atoms with E-state index in [-0.39, 0.29) is 5.75 Å². The highest BCUT2D eigenvalue weighted by molar-refractivity contribution is 6.31. The molecule has 0 saturated heterocycles. The molecule has 4 nitrogen and oxygen atoms in total. The maximum Gasteiger partial charge on any atom is 0.120 e. The number of para-hydroxylation sites is 1. The molecule has 0 aliphatic heterocycles. The summed E-state index contributed by atoms with van der Waals surface area (Å²) < 4.78 is 0. The number of rotatable bonds is 5. The van der Waals surface area contributed by atoms with Crippen LogP contribution in [0, 0.1) is 0 Å². The molecule has 0 bridgehead atoms. The average molecular weight is 404 g/mol. The highest BCUT2D eigenvalue weighted by atomic mass is 35.5. The van der Waals surface area contributed by atoms with Gasteiger partial charge in [-0.05, 0) is 54.6 Å². The summed E-state index contributed by atoms with van der Waals surface area (Å²) in [6.45, 7) is 0.601. The summed E-state index contributed by atoms with van der Waals surface area (Å²) in [5.74, 6) is 0.288. The van der Waals surface area contributed by atoms with Crippen LogP contribution in [0.5, 0.6) is 5.75 Å². The predicted octanol–water partition coefficient (Wildman–Crippen LogP) is 6.00. The number of phenolic OH excluding ortho intramolecular Hbond substituents is 1. The van der Waals surface area contributed by atoms with E-state index in [1.54, 1.807) is 12.3 Å². The van der Waals surface area contributed by atoms with E-state index in [1.807, 2.05) is 68.7 Å². The maximum absolute atomic E-state index is 10.4. The minimum Gasteiger partial charge on any atom is -0.508 e. The fourth-order valence-electron chi connectivity index (χ4n) is 3.47. The smallest absolute Gasteiger partial charge is 0.120 e. The number of fused-ring (bicyclic) bond motifs is 1. The Balaban J connectivity index is 1.67. The van der Waals surface area contributed by atoms with Gasteiger partial charge >= 0.3 is 0 Å². The normalized spacial score (nSPS) is 10.9. The van der Waals surface area contributed by atoms with Crippen molar-refractivity contribution < 1.29 is 5.11 Å². The van der Waals surface area contributed by atoms with Gasteiger partial charge < -0.3 is 14.9 Å². The first-order valence-electron chi connectivity index (χ1n) is 9.39. The summed E-state index contributed by atoms with van der Waals surface area (Å²) in [6.07, 6.45) is 1.79. The van der Waals surface area contributed by atoms with Crippen LogP contribution in [0.1, 0.15) is 5.56 Å². The number of benzene rings is 3. The van der Waals surface area contributed by atoms with E-state index >= 15 is 0 Å². The molecule has 0 atom stereocenters. The lowest BCUT2D eigenvalue weighted by Gasteiger charge is -2.24. The van der Waals surface area contributed by atoms with Gasteiger partial charge in [-0.1, -0.05) is 29.8 Å².